The van der Waals surface area contributed by atoms with Crippen molar-refractivity contribution >= 4 is 16.7 Å². The van der Waals surface area contributed by atoms with Crippen LogP contribution in [0.1, 0.15) is 0 Å². The number of aromatic nitrogens is 3. The fourth-order valence-electron chi connectivity index (χ4n) is 0.948. The van der Waals surface area contributed by atoms with Crippen LogP contribution in [-0.2, 0) is 0 Å². The van der Waals surface area contributed by atoms with Crippen LogP contribution in [0.15, 0.2) is 18.2 Å². The van der Waals surface area contributed by atoms with E-state index in [9.17, 15) is 0 Å². The standard InChI is InChI=1S/C6H7N5/c7-4-1-2-5-6(3-4)10-11(8)9-5/h1-3H,7-8H2. The molecule has 2 aromatic rings. The smallest absolute Gasteiger partial charge is 0.117 e. The highest BCUT2D eigenvalue weighted by Crippen LogP contribution is 2.11. The molecule has 0 unspecified atom stereocenters. The van der Waals surface area contributed by atoms with Gasteiger partial charge in [-0.1, -0.05) is 4.91 Å². The Morgan fingerprint density at radius 3 is 2.73 bits per heavy atom. The van der Waals surface area contributed by atoms with E-state index in [0.29, 0.717) is 11.2 Å². The molecular formula is C6H7N5. The summed E-state index contributed by atoms with van der Waals surface area (Å²) in [5.41, 5.74) is 7.65. The average molecular weight is 149 g/mol. The summed E-state index contributed by atoms with van der Waals surface area (Å²) in [6.07, 6.45) is 0. The summed E-state index contributed by atoms with van der Waals surface area (Å²) in [5, 5.41) is 7.76. The lowest BCUT2D eigenvalue weighted by atomic mass is 10.3. The Kier molecular flexibility index (Phi) is 1.00. The molecule has 0 radical (unpaired) electrons. The van der Waals surface area contributed by atoms with E-state index in [1.165, 1.54) is 0 Å². The Morgan fingerprint density at radius 2 is 1.91 bits per heavy atom. The molecule has 1 heterocycles. The van der Waals surface area contributed by atoms with E-state index >= 15 is 0 Å². The lowest BCUT2D eigenvalue weighted by molar-refractivity contribution is 0.720. The number of hydrogen-bond donors (Lipinski definition) is 2. The molecule has 56 valence electrons. The number of anilines is 1. The second kappa shape index (κ2) is 1.85. The number of nitrogens with two attached hydrogens (primary N) is 2. The molecule has 0 aliphatic rings. The minimum Gasteiger partial charge on any atom is -0.399 e. The van der Waals surface area contributed by atoms with Gasteiger partial charge in [-0.15, -0.1) is 10.2 Å². The number of benzene rings is 1. The minimum absolute atomic E-state index is 0.665. The first-order valence-corrected chi connectivity index (χ1v) is 3.13. The van der Waals surface area contributed by atoms with E-state index in [1.807, 2.05) is 0 Å². The zero-order valence-corrected chi connectivity index (χ0v) is 5.73. The highest BCUT2D eigenvalue weighted by Gasteiger charge is 1.98. The van der Waals surface area contributed by atoms with Crippen LogP contribution in [0.4, 0.5) is 5.69 Å². The minimum atomic E-state index is 0.665. The summed E-state index contributed by atoms with van der Waals surface area (Å²) in [4.78, 5) is 1.03. The molecule has 5 nitrogen and oxygen atoms in total. The van der Waals surface area contributed by atoms with Gasteiger partial charge in [0.15, 0.2) is 0 Å². The van der Waals surface area contributed by atoms with Gasteiger partial charge < -0.3 is 11.6 Å². The van der Waals surface area contributed by atoms with Crippen molar-refractivity contribution in [3.8, 4) is 0 Å². The fraction of sp³-hybridized carbons (Fsp3) is 0. The number of fused-ring (bicyclic) bond motifs is 1. The fourth-order valence-corrected chi connectivity index (χ4v) is 0.948. The van der Waals surface area contributed by atoms with Crippen molar-refractivity contribution in [3.63, 3.8) is 0 Å². The van der Waals surface area contributed by atoms with E-state index in [0.717, 1.165) is 10.4 Å². The van der Waals surface area contributed by atoms with Gasteiger partial charge in [0.25, 0.3) is 0 Å². The Morgan fingerprint density at radius 1 is 1.18 bits per heavy atom. The van der Waals surface area contributed by atoms with E-state index in [1.54, 1.807) is 18.2 Å². The van der Waals surface area contributed by atoms with Crippen LogP contribution in [0, 0.1) is 0 Å². The van der Waals surface area contributed by atoms with Crippen LogP contribution in [-0.4, -0.2) is 15.1 Å². The lowest BCUT2D eigenvalue weighted by Gasteiger charge is -1.87. The molecular weight excluding hydrogens is 142 g/mol. The number of hydrogen-bond acceptors (Lipinski definition) is 4. The molecule has 5 heteroatoms. The third-order valence-corrected chi connectivity index (χ3v) is 1.42. The van der Waals surface area contributed by atoms with Gasteiger partial charge in [-0.3, -0.25) is 0 Å². The van der Waals surface area contributed by atoms with Crippen molar-refractivity contribution in [3.05, 3.63) is 18.2 Å². The average Bonchev–Trinajstić information content (AvgIpc) is 2.27. The van der Waals surface area contributed by atoms with Gasteiger partial charge in [0.1, 0.15) is 11.0 Å². The monoisotopic (exact) mass is 149 g/mol. The molecule has 0 saturated carbocycles. The Bertz CT molecular complexity index is 391. The van der Waals surface area contributed by atoms with E-state index < -0.39 is 0 Å². The number of nitrogen functional groups attached to an aromatic ring is 2. The van der Waals surface area contributed by atoms with Crippen molar-refractivity contribution in [2.24, 2.45) is 0 Å². The zero-order chi connectivity index (χ0) is 7.84. The van der Waals surface area contributed by atoms with Gasteiger partial charge in [0.2, 0.25) is 0 Å². The van der Waals surface area contributed by atoms with Crippen LogP contribution in [0.2, 0.25) is 0 Å². The van der Waals surface area contributed by atoms with Crippen LogP contribution in [0.3, 0.4) is 0 Å². The van der Waals surface area contributed by atoms with Gasteiger partial charge in [-0.2, -0.15) is 0 Å². The molecule has 0 bridgehead atoms. The second-order valence-corrected chi connectivity index (χ2v) is 2.27. The number of rotatable bonds is 0. The van der Waals surface area contributed by atoms with Crippen LogP contribution < -0.4 is 11.6 Å². The SMILES string of the molecule is Nc1ccc2nn(N)nc2c1. The Hall–Kier alpha value is -1.78. The van der Waals surface area contributed by atoms with E-state index in [2.05, 4.69) is 10.2 Å². The van der Waals surface area contributed by atoms with Gasteiger partial charge in [0, 0.05) is 5.69 Å². The molecule has 1 aromatic carbocycles. The highest BCUT2D eigenvalue weighted by atomic mass is 15.6. The molecule has 0 saturated heterocycles. The summed E-state index contributed by atoms with van der Waals surface area (Å²) in [5.74, 6) is 5.29. The second-order valence-electron chi connectivity index (χ2n) is 2.27. The summed E-state index contributed by atoms with van der Waals surface area (Å²) in [7, 11) is 0. The van der Waals surface area contributed by atoms with Crippen LogP contribution >= 0.6 is 0 Å². The molecule has 2 rings (SSSR count). The molecule has 0 amide bonds. The first-order chi connectivity index (χ1) is 5.25. The summed E-state index contributed by atoms with van der Waals surface area (Å²) >= 11 is 0. The van der Waals surface area contributed by atoms with Crippen molar-refractivity contribution in [1.82, 2.24) is 15.1 Å². The zero-order valence-electron chi connectivity index (χ0n) is 5.73. The van der Waals surface area contributed by atoms with E-state index in [-0.39, 0.29) is 0 Å². The Labute approximate surface area is 62.6 Å². The van der Waals surface area contributed by atoms with Crippen molar-refractivity contribution in [2.45, 2.75) is 0 Å². The van der Waals surface area contributed by atoms with Crippen molar-refractivity contribution < 1.29 is 0 Å². The molecule has 0 aliphatic heterocycles. The maximum atomic E-state index is 5.52. The van der Waals surface area contributed by atoms with Gasteiger partial charge in [-0.05, 0) is 18.2 Å². The van der Waals surface area contributed by atoms with Gasteiger partial charge in [-0.25, -0.2) is 0 Å². The maximum absolute atomic E-state index is 5.52. The summed E-state index contributed by atoms with van der Waals surface area (Å²) < 4.78 is 0. The van der Waals surface area contributed by atoms with Crippen molar-refractivity contribution in [1.29, 1.82) is 0 Å². The predicted molar refractivity (Wildman–Crippen MR) is 42.1 cm³/mol. The molecule has 1 aromatic heterocycles. The largest absolute Gasteiger partial charge is 0.399 e. The van der Waals surface area contributed by atoms with Crippen molar-refractivity contribution in [2.75, 3.05) is 11.6 Å². The maximum Gasteiger partial charge on any atom is 0.117 e. The van der Waals surface area contributed by atoms with Gasteiger partial charge >= 0.3 is 0 Å². The van der Waals surface area contributed by atoms with Crippen LogP contribution in [0.5, 0.6) is 0 Å². The van der Waals surface area contributed by atoms with Gasteiger partial charge in [0.05, 0.1) is 0 Å². The third-order valence-electron chi connectivity index (χ3n) is 1.42. The van der Waals surface area contributed by atoms with E-state index in [4.69, 9.17) is 11.6 Å². The molecule has 0 fully saturated rings. The third kappa shape index (κ3) is 0.861. The first-order valence-electron chi connectivity index (χ1n) is 3.13. The van der Waals surface area contributed by atoms with Crippen LogP contribution in [0.25, 0.3) is 11.0 Å². The molecule has 0 spiro atoms. The Balaban J connectivity index is 2.82. The predicted octanol–water partition coefficient (Wildman–Crippen LogP) is -0.273. The quantitative estimate of drug-likeness (QED) is 0.399. The molecule has 0 atom stereocenters. The molecule has 11 heavy (non-hydrogen) atoms. The normalized spacial score (nSPS) is 10.5. The summed E-state index contributed by atoms with van der Waals surface area (Å²) in [6, 6.07) is 5.27. The topological polar surface area (TPSA) is 82.8 Å². The number of nitrogens with zero attached hydrogens (tertiary/aromatic N) is 3. The first kappa shape index (κ1) is 5.96. The molecule has 0 aliphatic carbocycles. The lowest BCUT2D eigenvalue weighted by Crippen LogP contribution is -2.11. The summed E-state index contributed by atoms with van der Waals surface area (Å²) in [6.45, 7) is 0. The highest BCUT2D eigenvalue weighted by molar-refractivity contribution is 5.77. The molecule has 4 N–H and O–H groups in total.